The maximum atomic E-state index is 8.52. The van der Waals surface area contributed by atoms with Crippen LogP contribution in [0.3, 0.4) is 0 Å². The SMILES string of the molecule is O.O.O.O.O.O.[Mg+2].[O-][Br+2]([O-])[O-]. The minimum Gasteiger partial charge on any atom is -0.412 e. The van der Waals surface area contributed by atoms with Crippen LogP contribution in [0, 0.1) is 14.8 Å². The van der Waals surface area contributed by atoms with E-state index < -0.39 is 14.8 Å². The number of hydrogen-bond donors (Lipinski definition) is 0. The Morgan fingerprint density at radius 2 is 0.545 bits per heavy atom. The first kappa shape index (κ1) is 93.3. The van der Waals surface area contributed by atoms with Crippen LogP contribution in [0.1, 0.15) is 0 Å². The van der Waals surface area contributed by atoms with Crippen LogP contribution >= 0.6 is 0 Å². The van der Waals surface area contributed by atoms with Crippen molar-refractivity contribution in [2.24, 2.45) is 0 Å². The van der Waals surface area contributed by atoms with Gasteiger partial charge in [-0.3, -0.25) is 0 Å². The minimum atomic E-state index is -3.65. The Morgan fingerprint density at radius 3 is 0.545 bits per heavy atom. The molecule has 0 bridgehead atoms. The van der Waals surface area contributed by atoms with Gasteiger partial charge in [-0.2, -0.15) is 0 Å². The number of rotatable bonds is 0. The summed E-state index contributed by atoms with van der Waals surface area (Å²) in [5.41, 5.74) is 0. The van der Waals surface area contributed by atoms with Crippen molar-refractivity contribution in [3.63, 3.8) is 0 Å². The Bertz CT molecular complexity index is 14.3. The molecule has 0 aliphatic heterocycles. The Morgan fingerprint density at radius 1 is 0.545 bits per heavy atom. The average Bonchev–Trinajstić information content (AvgIpc) is 0.811. The molecule has 0 atom stereocenters. The van der Waals surface area contributed by atoms with Crippen LogP contribution in [0.15, 0.2) is 0 Å². The van der Waals surface area contributed by atoms with Crippen LogP contribution in [-0.2, 0) is 0 Å². The topological polar surface area (TPSA) is 258 Å². The van der Waals surface area contributed by atoms with Crippen LogP contribution in [0.25, 0.3) is 0 Å². The first-order valence-electron chi connectivity index (χ1n) is 0.463. The standard InChI is InChI=1S/BrO3.Mg.6H2O/c2-1(3)4;;;;;;;/h;;6*1H2/q-1;+2;;;;;;. The van der Waals surface area contributed by atoms with Crippen molar-refractivity contribution < 1.29 is 60.3 Å². The third-order valence-electron chi connectivity index (χ3n) is 0. The second-order valence-corrected chi connectivity index (χ2v) is 0.982. The summed E-state index contributed by atoms with van der Waals surface area (Å²) >= 11 is -3.65. The van der Waals surface area contributed by atoms with Crippen molar-refractivity contribution in [1.29, 1.82) is 0 Å². The molecule has 0 radical (unpaired) electrons. The van der Waals surface area contributed by atoms with Crippen LogP contribution in [0.5, 0.6) is 0 Å². The first-order chi connectivity index (χ1) is 1.73. The quantitative estimate of drug-likeness (QED) is 0.384. The fourth-order valence-corrected chi connectivity index (χ4v) is 0. The molecule has 0 aliphatic rings. The molecule has 0 saturated heterocycles. The molecule has 0 aromatic carbocycles. The summed E-state index contributed by atoms with van der Waals surface area (Å²) in [6.45, 7) is 0. The van der Waals surface area contributed by atoms with E-state index in [-0.39, 0.29) is 55.9 Å². The molecule has 0 heterocycles. The van der Waals surface area contributed by atoms with Crippen molar-refractivity contribution in [1.82, 2.24) is 0 Å². The van der Waals surface area contributed by atoms with E-state index in [0.717, 1.165) is 0 Å². The van der Waals surface area contributed by atoms with E-state index in [0.29, 0.717) is 0 Å². The van der Waals surface area contributed by atoms with Crippen molar-refractivity contribution in [2.75, 3.05) is 0 Å². The first-order valence-corrected chi connectivity index (χ1v) is 2.41. The van der Waals surface area contributed by atoms with E-state index in [4.69, 9.17) is 12.6 Å². The Labute approximate surface area is 83.5 Å². The third kappa shape index (κ3) is 1090. The van der Waals surface area contributed by atoms with Gasteiger partial charge in [-0.25, -0.2) is 0 Å². The van der Waals surface area contributed by atoms with Crippen molar-refractivity contribution in [3.05, 3.63) is 0 Å². The zero-order valence-corrected chi connectivity index (χ0v) is 8.31. The zero-order chi connectivity index (χ0) is 3.58. The minimum absolute atomic E-state index is 0. The fraction of sp³-hybridized carbons (Fsp3) is 0. The van der Waals surface area contributed by atoms with Gasteiger partial charge in [-0.1, -0.05) is 0 Å². The zero-order valence-electron chi connectivity index (χ0n) is 5.31. The molecule has 0 fully saturated rings. The third-order valence-corrected chi connectivity index (χ3v) is 0. The maximum Gasteiger partial charge on any atom is 2.00 e. The molecule has 0 aromatic heterocycles. The molecular formula is H12BrMgO9+. The summed E-state index contributed by atoms with van der Waals surface area (Å²) < 4.78 is 25.6. The normalized spacial score (nSPS) is 3.27. The molecule has 0 unspecified atom stereocenters. The van der Waals surface area contributed by atoms with E-state index in [1.165, 1.54) is 0 Å². The summed E-state index contributed by atoms with van der Waals surface area (Å²) in [4.78, 5) is 0. The summed E-state index contributed by atoms with van der Waals surface area (Å²) in [7, 11) is 0. The van der Waals surface area contributed by atoms with Crippen LogP contribution in [0.4, 0.5) is 0 Å². The van der Waals surface area contributed by atoms with E-state index in [9.17, 15) is 0 Å². The van der Waals surface area contributed by atoms with E-state index in [1.807, 2.05) is 0 Å². The Kier molecular flexibility index (Phi) is 597. The van der Waals surface area contributed by atoms with E-state index >= 15 is 0 Å². The van der Waals surface area contributed by atoms with Gasteiger partial charge in [-0.05, 0) is 0 Å². The van der Waals surface area contributed by atoms with Crippen molar-refractivity contribution >= 4 is 23.1 Å². The van der Waals surface area contributed by atoms with Crippen LogP contribution < -0.4 is 12.6 Å². The molecule has 0 aliphatic carbocycles. The molecule has 12 N–H and O–H groups in total. The summed E-state index contributed by atoms with van der Waals surface area (Å²) in [6, 6.07) is 0. The maximum absolute atomic E-state index is 8.52. The summed E-state index contributed by atoms with van der Waals surface area (Å²) in [5.74, 6) is 0. The fourth-order valence-electron chi connectivity index (χ4n) is 0. The molecule has 0 rings (SSSR count). The predicted octanol–water partition coefficient (Wildman–Crippen LogP) is -8.90. The molecular weight excluding hydrogens is 248 g/mol. The van der Waals surface area contributed by atoms with E-state index in [1.54, 1.807) is 0 Å². The smallest absolute Gasteiger partial charge is 0.412 e. The van der Waals surface area contributed by atoms with Gasteiger partial charge in [0.1, 0.15) is 0 Å². The molecule has 0 saturated carbocycles. The molecule has 9 nitrogen and oxygen atoms in total. The summed E-state index contributed by atoms with van der Waals surface area (Å²) in [5, 5.41) is 0. The second-order valence-electron chi connectivity index (χ2n) is 0.189. The van der Waals surface area contributed by atoms with Gasteiger partial charge in [0.2, 0.25) is 14.8 Å². The van der Waals surface area contributed by atoms with Gasteiger partial charge < -0.3 is 45.5 Å². The Balaban J connectivity index is -0.00000000214. The largest absolute Gasteiger partial charge is 2.00 e. The number of halogens is 1. The molecule has 74 valence electrons. The Hall–Kier alpha value is 0.886. The monoisotopic (exact) mass is 259 g/mol. The van der Waals surface area contributed by atoms with Gasteiger partial charge in [0.05, 0.1) is 0 Å². The van der Waals surface area contributed by atoms with Gasteiger partial charge in [0.25, 0.3) is 0 Å². The molecule has 11 heavy (non-hydrogen) atoms. The van der Waals surface area contributed by atoms with Crippen molar-refractivity contribution in [3.8, 4) is 0 Å². The van der Waals surface area contributed by atoms with Crippen LogP contribution in [0.2, 0.25) is 0 Å². The van der Waals surface area contributed by atoms with Gasteiger partial charge >= 0.3 is 23.1 Å². The molecule has 0 aromatic rings. The van der Waals surface area contributed by atoms with Crippen molar-refractivity contribution in [2.45, 2.75) is 0 Å². The molecule has 0 spiro atoms. The number of hydrogen-bond acceptors (Lipinski definition) is 3. The average molecular weight is 260 g/mol. The van der Waals surface area contributed by atoms with E-state index in [2.05, 4.69) is 0 Å². The van der Waals surface area contributed by atoms with Crippen LogP contribution in [-0.4, -0.2) is 55.9 Å². The second kappa shape index (κ2) is 70.5. The van der Waals surface area contributed by atoms with Gasteiger partial charge in [-0.15, -0.1) is 0 Å². The summed E-state index contributed by atoms with van der Waals surface area (Å²) in [6.07, 6.45) is 0. The molecule has 11 heteroatoms. The van der Waals surface area contributed by atoms with Gasteiger partial charge in [0, 0.05) is 0 Å². The molecule has 0 amide bonds. The predicted molar refractivity (Wildman–Crippen MR) is 27.4 cm³/mol. The van der Waals surface area contributed by atoms with Gasteiger partial charge in [0.15, 0.2) is 0 Å².